The summed E-state index contributed by atoms with van der Waals surface area (Å²) in [6.45, 7) is 5.79. The summed E-state index contributed by atoms with van der Waals surface area (Å²) in [5.41, 5.74) is 1.11. The molecule has 0 aliphatic carbocycles. The molecule has 3 rings (SSSR count). The quantitative estimate of drug-likeness (QED) is 0.573. The molecular weight excluding hydrogens is 392 g/mol. The van der Waals surface area contributed by atoms with E-state index in [1.165, 1.54) is 11.1 Å². The van der Waals surface area contributed by atoms with Gasteiger partial charge in [0.2, 0.25) is 0 Å². The first kappa shape index (κ1) is 20.8. The smallest absolute Gasteiger partial charge is 0.193 e. The second-order valence-electron chi connectivity index (χ2n) is 6.98. The minimum atomic E-state index is -3.14. The fourth-order valence-corrected chi connectivity index (χ4v) is 4.67. The highest BCUT2D eigenvalue weighted by molar-refractivity contribution is 7.90. The van der Waals surface area contributed by atoms with Crippen LogP contribution in [0.1, 0.15) is 10.4 Å². The van der Waals surface area contributed by atoms with Gasteiger partial charge in [-0.25, -0.2) is 8.42 Å². The first-order chi connectivity index (χ1) is 13.5. The fourth-order valence-electron chi connectivity index (χ4n) is 3.29. The van der Waals surface area contributed by atoms with E-state index in [-0.39, 0.29) is 0 Å². The highest BCUT2D eigenvalue weighted by atomic mass is 32.2. The zero-order valence-corrected chi connectivity index (χ0v) is 18.1. The molecule has 1 fully saturated rings. The van der Waals surface area contributed by atoms with Gasteiger partial charge in [-0.15, -0.1) is 11.3 Å². The van der Waals surface area contributed by atoms with Gasteiger partial charge < -0.3 is 10.2 Å². The molecular formula is C20H28N4O2S2. The molecule has 28 heavy (non-hydrogen) atoms. The summed E-state index contributed by atoms with van der Waals surface area (Å²) in [4.78, 5) is 11.0. The Morgan fingerprint density at radius 3 is 2.43 bits per heavy atom. The van der Waals surface area contributed by atoms with Gasteiger partial charge in [-0.1, -0.05) is 18.2 Å². The lowest BCUT2D eigenvalue weighted by molar-refractivity contribution is 0.174. The zero-order chi connectivity index (χ0) is 20.0. The Balaban J connectivity index is 1.44. The molecule has 2 aromatic rings. The van der Waals surface area contributed by atoms with Crippen LogP contribution in [-0.4, -0.2) is 70.2 Å². The first-order valence-corrected chi connectivity index (χ1v) is 12.2. The van der Waals surface area contributed by atoms with Gasteiger partial charge in [0.15, 0.2) is 15.8 Å². The maximum absolute atomic E-state index is 11.5. The van der Waals surface area contributed by atoms with Gasteiger partial charge in [0, 0.05) is 57.4 Å². The third-order valence-corrected chi connectivity index (χ3v) is 6.88. The maximum Gasteiger partial charge on any atom is 0.193 e. The monoisotopic (exact) mass is 420 g/mol. The van der Waals surface area contributed by atoms with Crippen LogP contribution in [0.25, 0.3) is 0 Å². The van der Waals surface area contributed by atoms with Crippen molar-refractivity contribution in [2.75, 3.05) is 46.0 Å². The molecule has 1 aromatic heterocycles. The van der Waals surface area contributed by atoms with Gasteiger partial charge in [-0.05, 0) is 35.6 Å². The highest BCUT2D eigenvalue weighted by Gasteiger charge is 2.19. The molecule has 0 unspecified atom stereocenters. The van der Waals surface area contributed by atoms with E-state index in [1.54, 1.807) is 12.1 Å². The lowest BCUT2D eigenvalue weighted by atomic mass is 10.1. The zero-order valence-electron chi connectivity index (χ0n) is 16.5. The molecule has 0 bridgehead atoms. The van der Waals surface area contributed by atoms with E-state index < -0.39 is 9.84 Å². The van der Waals surface area contributed by atoms with Crippen LogP contribution >= 0.6 is 11.3 Å². The highest BCUT2D eigenvalue weighted by Crippen LogP contribution is 2.14. The number of piperazine rings is 1. The summed E-state index contributed by atoms with van der Waals surface area (Å²) in [5.74, 6) is 0.934. The third-order valence-electron chi connectivity index (χ3n) is 4.89. The minimum absolute atomic E-state index is 0.362. The van der Waals surface area contributed by atoms with Crippen LogP contribution in [0.5, 0.6) is 0 Å². The number of guanidine groups is 1. The van der Waals surface area contributed by atoms with Crippen molar-refractivity contribution in [2.45, 2.75) is 17.9 Å². The van der Waals surface area contributed by atoms with Gasteiger partial charge in [0.05, 0.1) is 4.90 Å². The molecule has 0 saturated carbocycles. The summed E-state index contributed by atoms with van der Waals surface area (Å²) in [7, 11) is -1.32. The lowest BCUT2D eigenvalue weighted by Gasteiger charge is -2.36. The molecule has 2 heterocycles. The number of nitrogens with zero attached hydrogens (tertiary/aromatic N) is 3. The molecule has 0 amide bonds. The summed E-state index contributed by atoms with van der Waals surface area (Å²) in [6, 6.07) is 11.4. The second kappa shape index (κ2) is 9.54. The number of thiophene rings is 1. The maximum atomic E-state index is 11.5. The Kier molecular flexibility index (Phi) is 7.09. The van der Waals surface area contributed by atoms with E-state index in [4.69, 9.17) is 0 Å². The summed E-state index contributed by atoms with van der Waals surface area (Å²) in [6.07, 6.45) is 2.05. The standard InChI is InChI=1S/C20H28N4O2S2/c1-21-20(22-10-9-17-5-7-19(8-6-17)28(2,25)26)24-13-11-23(12-14-24)16-18-4-3-15-27-18/h3-8,15H,9-14,16H2,1-2H3,(H,21,22). The van der Waals surface area contributed by atoms with Crippen LogP contribution in [0.2, 0.25) is 0 Å². The van der Waals surface area contributed by atoms with Gasteiger partial charge >= 0.3 is 0 Å². The van der Waals surface area contributed by atoms with Gasteiger partial charge in [-0.3, -0.25) is 9.89 Å². The average molecular weight is 421 g/mol. The largest absolute Gasteiger partial charge is 0.356 e. The van der Waals surface area contributed by atoms with Crippen molar-refractivity contribution in [3.05, 3.63) is 52.2 Å². The van der Waals surface area contributed by atoms with Gasteiger partial charge in [-0.2, -0.15) is 0 Å². The van der Waals surface area contributed by atoms with E-state index in [9.17, 15) is 8.42 Å². The average Bonchev–Trinajstić information content (AvgIpc) is 3.19. The van der Waals surface area contributed by atoms with E-state index in [2.05, 4.69) is 37.6 Å². The van der Waals surface area contributed by atoms with Crippen LogP contribution in [0, 0.1) is 0 Å². The Labute approximate surface area is 171 Å². The summed E-state index contributed by atoms with van der Waals surface area (Å²) >= 11 is 1.81. The van der Waals surface area contributed by atoms with Gasteiger partial charge in [0.1, 0.15) is 0 Å². The number of sulfone groups is 1. The van der Waals surface area contributed by atoms with Crippen molar-refractivity contribution >= 4 is 27.1 Å². The Morgan fingerprint density at radius 2 is 1.86 bits per heavy atom. The summed E-state index contributed by atoms with van der Waals surface area (Å²) in [5, 5.41) is 5.57. The van der Waals surface area contributed by atoms with Crippen LogP contribution in [0.3, 0.4) is 0 Å². The van der Waals surface area contributed by atoms with Gasteiger partial charge in [0.25, 0.3) is 0 Å². The third kappa shape index (κ3) is 5.80. The minimum Gasteiger partial charge on any atom is -0.356 e. The van der Waals surface area contributed by atoms with Crippen molar-refractivity contribution in [1.29, 1.82) is 0 Å². The predicted octanol–water partition coefficient (Wildman–Crippen LogP) is 2.09. The molecule has 1 aliphatic rings. The normalized spacial score (nSPS) is 16.4. The molecule has 6 nitrogen and oxygen atoms in total. The fraction of sp³-hybridized carbons (Fsp3) is 0.450. The molecule has 152 valence electrons. The number of hydrogen-bond acceptors (Lipinski definition) is 5. The molecule has 0 atom stereocenters. The van der Waals surface area contributed by atoms with Crippen LogP contribution in [0.4, 0.5) is 0 Å². The number of aliphatic imine (C=N–C) groups is 1. The Morgan fingerprint density at radius 1 is 1.14 bits per heavy atom. The molecule has 1 saturated heterocycles. The topological polar surface area (TPSA) is 65.0 Å². The van der Waals surface area contributed by atoms with Crippen molar-refractivity contribution in [3.8, 4) is 0 Å². The van der Waals surface area contributed by atoms with Crippen molar-refractivity contribution in [2.24, 2.45) is 4.99 Å². The SMILES string of the molecule is CN=C(NCCc1ccc(S(C)(=O)=O)cc1)N1CCN(Cc2cccs2)CC1. The molecule has 1 aromatic carbocycles. The second-order valence-corrected chi connectivity index (χ2v) is 10.0. The Bertz CT molecular complexity index is 869. The molecule has 0 spiro atoms. The van der Waals surface area contributed by atoms with Crippen LogP contribution in [0.15, 0.2) is 51.7 Å². The number of rotatable bonds is 6. The Hall–Kier alpha value is -1.90. The lowest BCUT2D eigenvalue weighted by Crippen LogP contribution is -2.52. The van der Waals surface area contributed by atoms with E-state index in [0.717, 1.165) is 57.2 Å². The predicted molar refractivity (Wildman–Crippen MR) is 116 cm³/mol. The van der Waals surface area contributed by atoms with Crippen LogP contribution < -0.4 is 5.32 Å². The summed E-state index contributed by atoms with van der Waals surface area (Å²) < 4.78 is 23.1. The first-order valence-electron chi connectivity index (χ1n) is 9.45. The van der Waals surface area contributed by atoms with Crippen LogP contribution in [-0.2, 0) is 22.8 Å². The molecule has 1 aliphatic heterocycles. The van der Waals surface area contributed by atoms with Crippen molar-refractivity contribution in [1.82, 2.24) is 15.1 Å². The number of hydrogen-bond donors (Lipinski definition) is 1. The van der Waals surface area contributed by atoms with E-state index >= 15 is 0 Å². The molecule has 0 radical (unpaired) electrons. The van der Waals surface area contributed by atoms with E-state index in [1.807, 2.05) is 30.5 Å². The molecule has 8 heteroatoms. The van der Waals surface area contributed by atoms with Crippen molar-refractivity contribution in [3.63, 3.8) is 0 Å². The van der Waals surface area contributed by atoms with E-state index in [0.29, 0.717) is 4.90 Å². The van der Waals surface area contributed by atoms with Crippen molar-refractivity contribution < 1.29 is 8.42 Å². The molecule has 1 N–H and O–H groups in total. The number of nitrogens with one attached hydrogen (secondary N) is 1. The number of benzene rings is 1.